The summed E-state index contributed by atoms with van der Waals surface area (Å²) < 4.78 is 12.6. The molecule has 0 heterocycles. The Bertz CT molecular complexity index is 1200. The lowest BCUT2D eigenvalue weighted by Gasteiger charge is -2.61. The van der Waals surface area contributed by atoms with E-state index in [2.05, 4.69) is 32.9 Å². The quantitative estimate of drug-likeness (QED) is 0.437. The predicted molar refractivity (Wildman–Crippen MR) is 131 cm³/mol. The van der Waals surface area contributed by atoms with E-state index in [0.717, 1.165) is 12.8 Å². The fourth-order valence-corrected chi connectivity index (χ4v) is 6.12. The molecule has 0 aromatic heterocycles. The van der Waals surface area contributed by atoms with Gasteiger partial charge in [-0.3, -0.25) is 0 Å². The van der Waals surface area contributed by atoms with Gasteiger partial charge in [-0.1, -0.05) is 81.4 Å². The third-order valence-corrected chi connectivity index (χ3v) is 8.03. The first-order valence-electron chi connectivity index (χ1n) is 12.0. The number of fused-ring (bicyclic) bond motifs is 2. The van der Waals surface area contributed by atoms with Gasteiger partial charge in [0.1, 0.15) is 12.2 Å². The summed E-state index contributed by atoms with van der Waals surface area (Å²) in [6.45, 7) is 6.48. The van der Waals surface area contributed by atoms with Crippen molar-refractivity contribution in [2.75, 3.05) is 0 Å². The van der Waals surface area contributed by atoms with Crippen LogP contribution < -0.4 is 0 Å². The number of esters is 2. The molecule has 4 atom stereocenters. The SMILES string of the molecule is CC(C)C12CCC(C)(c3ccccc31)C(OC(=O)c1ccccc1)C2OC(=O)c1ccccc1. The molecule has 0 N–H and O–H groups in total. The lowest BCUT2D eigenvalue weighted by molar-refractivity contribution is -0.137. The minimum Gasteiger partial charge on any atom is -0.454 e. The molecule has 0 saturated heterocycles. The third-order valence-electron chi connectivity index (χ3n) is 8.03. The van der Waals surface area contributed by atoms with Crippen LogP contribution in [-0.2, 0) is 20.3 Å². The summed E-state index contributed by atoms with van der Waals surface area (Å²) in [6, 6.07) is 26.4. The maximum absolute atomic E-state index is 13.3. The highest BCUT2D eigenvalue weighted by Gasteiger charge is 2.65. The van der Waals surface area contributed by atoms with Crippen LogP contribution in [0.25, 0.3) is 0 Å². The molecule has 3 aliphatic rings. The van der Waals surface area contributed by atoms with Gasteiger partial charge in [0.15, 0.2) is 0 Å². The zero-order valence-electron chi connectivity index (χ0n) is 19.9. The summed E-state index contributed by atoms with van der Waals surface area (Å²) in [5, 5.41) is 0. The molecule has 0 radical (unpaired) electrons. The second-order valence-corrected chi connectivity index (χ2v) is 10.0. The summed E-state index contributed by atoms with van der Waals surface area (Å²) in [7, 11) is 0. The fourth-order valence-electron chi connectivity index (χ4n) is 6.12. The minimum absolute atomic E-state index is 0.171. The first-order valence-corrected chi connectivity index (χ1v) is 12.0. The van der Waals surface area contributed by atoms with E-state index in [9.17, 15) is 9.59 Å². The zero-order chi connectivity index (χ0) is 23.9. The molecule has 6 rings (SSSR count). The molecule has 174 valence electrons. The molecule has 3 aromatic carbocycles. The van der Waals surface area contributed by atoms with Crippen LogP contribution in [0.3, 0.4) is 0 Å². The molecule has 0 amide bonds. The van der Waals surface area contributed by atoms with E-state index in [0.29, 0.717) is 11.1 Å². The first kappa shape index (κ1) is 22.4. The normalized spacial score (nSPS) is 27.2. The van der Waals surface area contributed by atoms with Crippen molar-refractivity contribution in [2.45, 2.75) is 56.7 Å². The number of hydrogen-bond donors (Lipinski definition) is 0. The van der Waals surface area contributed by atoms with Crippen molar-refractivity contribution in [3.8, 4) is 0 Å². The first-order chi connectivity index (χ1) is 16.4. The third kappa shape index (κ3) is 3.35. The van der Waals surface area contributed by atoms with Gasteiger partial charge < -0.3 is 9.47 Å². The average molecular weight is 455 g/mol. The molecule has 34 heavy (non-hydrogen) atoms. The maximum atomic E-state index is 13.3. The molecular weight excluding hydrogens is 424 g/mol. The molecule has 1 saturated carbocycles. The highest BCUT2D eigenvalue weighted by atomic mass is 16.6. The second-order valence-electron chi connectivity index (χ2n) is 10.0. The standard InChI is InChI=1S/C30H30O4/c1-20(2)30-19-18-29(3,23-16-10-11-17-24(23)30)25(33-27(31)21-12-6-4-7-13-21)26(30)34-28(32)22-14-8-5-9-15-22/h4-17,20,25-26H,18-19H2,1-3H3. The summed E-state index contributed by atoms with van der Waals surface area (Å²) >= 11 is 0. The van der Waals surface area contributed by atoms with Gasteiger partial charge in [0, 0.05) is 10.8 Å². The smallest absolute Gasteiger partial charge is 0.338 e. The van der Waals surface area contributed by atoms with E-state index in [4.69, 9.17) is 9.47 Å². The second kappa shape index (κ2) is 8.43. The van der Waals surface area contributed by atoms with Crippen molar-refractivity contribution in [1.82, 2.24) is 0 Å². The highest BCUT2D eigenvalue weighted by molar-refractivity contribution is 5.90. The Morgan fingerprint density at radius 1 is 0.706 bits per heavy atom. The number of carbonyl (C=O) groups excluding carboxylic acids is 2. The maximum Gasteiger partial charge on any atom is 0.338 e. The van der Waals surface area contributed by atoms with E-state index in [-0.39, 0.29) is 11.9 Å². The zero-order valence-corrected chi connectivity index (χ0v) is 19.9. The van der Waals surface area contributed by atoms with Crippen molar-refractivity contribution in [2.24, 2.45) is 5.92 Å². The summed E-state index contributed by atoms with van der Waals surface area (Å²) in [6.07, 6.45) is 0.527. The Morgan fingerprint density at radius 3 is 1.71 bits per heavy atom. The van der Waals surface area contributed by atoms with Gasteiger partial charge in [-0.15, -0.1) is 0 Å². The van der Waals surface area contributed by atoms with Gasteiger partial charge in [-0.05, 0) is 54.2 Å². The van der Waals surface area contributed by atoms with E-state index in [1.54, 1.807) is 24.3 Å². The Balaban J connectivity index is 1.63. The van der Waals surface area contributed by atoms with Gasteiger partial charge >= 0.3 is 11.9 Å². The van der Waals surface area contributed by atoms with Crippen LogP contribution in [0.4, 0.5) is 0 Å². The summed E-state index contributed by atoms with van der Waals surface area (Å²) in [4.78, 5) is 26.6. The van der Waals surface area contributed by atoms with Crippen LogP contribution in [0.1, 0.15) is 65.5 Å². The summed E-state index contributed by atoms with van der Waals surface area (Å²) in [5.74, 6) is -0.610. The van der Waals surface area contributed by atoms with Gasteiger partial charge in [0.25, 0.3) is 0 Å². The van der Waals surface area contributed by atoms with Gasteiger partial charge in [0.2, 0.25) is 0 Å². The van der Waals surface area contributed by atoms with Gasteiger partial charge in [0.05, 0.1) is 11.1 Å². The molecule has 4 nitrogen and oxygen atoms in total. The van der Waals surface area contributed by atoms with Crippen molar-refractivity contribution in [3.05, 3.63) is 107 Å². The molecule has 0 aliphatic heterocycles. The van der Waals surface area contributed by atoms with E-state index < -0.39 is 29.0 Å². The number of hydrogen-bond acceptors (Lipinski definition) is 4. The van der Waals surface area contributed by atoms with Gasteiger partial charge in [-0.2, -0.15) is 0 Å². The van der Waals surface area contributed by atoms with E-state index in [1.807, 2.05) is 48.5 Å². The van der Waals surface area contributed by atoms with Crippen molar-refractivity contribution < 1.29 is 19.1 Å². The number of rotatable bonds is 5. The minimum atomic E-state index is -0.598. The Hall–Kier alpha value is -3.40. The van der Waals surface area contributed by atoms with Crippen molar-refractivity contribution >= 4 is 11.9 Å². The lowest BCUT2D eigenvalue weighted by atomic mass is 9.46. The molecule has 4 unspecified atom stereocenters. The van der Waals surface area contributed by atoms with E-state index >= 15 is 0 Å². The van der Waals surface area contributed by atoms with Gasteiger partial charge in [-0.25, -0.2) is 9.59 Å². The molecule has 3 aromatic rings. The van der Waals surface area contributed by atoms with Crippen LogP contribution in [-0.4, -0.2) is 24.1 Å². The number of ether oxygens (including phenoxy) is 2. The number of benzene rings is 3. The fraction of sp³-hybridized carbons (Fsp3) is 0.333. The topological polar surface area (TPSA) is 52.6 Å². The van der Waals surface area contributed by atoms with Crippen LogP contribution in [0.15, 0.2) is 84.9 Å². The average Bonchev–Trinajstić information content (AvgIpc) is 2.87. The number of carbonyl (C=O) groups is 2. The molecular formula is C30H30O4. The summed E-state index contributed by atoms with van der Waals surface area (Å²) in [5.41, 5.74) is 2.48. The molecule has 1 fully saturated rings. The molecule has 0 spiro atoms. The molecule has 2 bridgehead atoms. The highest BCUT2D eigenvalue weighted by Crippen LogP contribution is 2.61. The van der Waals surface area contributed by atoms with Crippen LogP contribution in [0.5, 0.6) is 0 Å². The van der Waals surface area contributed by atoms with Crippen LogP contribution in [0.2, 0.25) is 0 Å². The Labute approximate surface area is 200 Å². The van der Waals surface area contributed by atoms with Crippen LogP contribution in [0, 0.1) is 5.92 Å². The Morgan fingerprint density at radius 2 is 1.18 bits per heavy atom. The largest absolute Gasteiger partial charge is 0.454 e. The molecule has 4 heteroatoms. The molecule has 3 aliphatic carbocycles. The van der Waals surface area contributed by atoms with Crippen molar-refractivity contribution in [1.29, 1.82) is 0 Å². The Kier molecular flexibility index (Phi) is 5.55. The van der Waals surface area contributed by atoms with Crippen LogP contribution >= 0.6 is 0 Å². The monoisotopic (exact) mass is 454 g/mol. The van der Waals surface area contributed by atoms with E-state index in [1.165, 1.54) is 11.1 Å². The van der Waals surface area contributed by atoms with Crippen molar-refractivity contribution in [3.63, 3.8) is 0 Å². The lowest BCUT2D eigenvalue weighted by Crippen LogP contribution is -2.68. The predicted octanol–water partition coefficient (Wildman–Crippen LogP) is 6.10.